The molecule has 33 heavy (non-hydrogen) atoms. The topological polar surface area (TPSA) is 100 Å². The van der Waals surface area contributed by atoms with Gasteiger partial charge in [-0.3, -0.25) is 19.0 Å². The van der Waals surface area contributed by atoms with Crippen molar-refractivity contribution in [1.82, 2.24) is 9.88 Å². The van der Waals surface area contributed by atoms with Crippen LogP contribution < -0.4 is 16.2 Å². The van der Waals surface area contributed by atoms with Crippen LogP contribution in [0.2, 0.25) is 5.02 Å². The highest BCUT2D eigenvalue weighted by Gasteiger charge is 2.39. The Morgan fingerprint density at radius 2 is 1.82 bits per heavy atom. The molecule has 3 N–H and O–H groups in total. The predicted molar refractivity (Wildman–Crippen MR) is 122 cm³/mol. The van der Waals surface area contributed by atoms with Crippen molar-refractivity contribution in [2.45, 2.75) is 25.0 Å². The number of pyridine rings is 1. The second kappa shape index (κ2) is 9.56. The largest absolute Gasteiger partial charge is 0.393 e. The molecule has 0 bridgehead atoms. The minimum absolute atomic E-state index is 0.169. The van der Waals surface area contributed by atoms with Crippen molar-refractivity contribution >= 4 is 29.1 Å². The molecular formula is C24H21ClFN3O4. The number of hydrogen-bond acceptors (Lipinski definition) is 4. The number of halogens is 2. The minimum Gasteiger partial charge on any atom is -0.393 e. The van der Waals surface area contributed by atoms with E-state index in [2.05, 4.69) is 10.6 Å². The minimum atomic E-state index is -0.804. The zero-order valence-corrected chi connectivity index (χ0v) is 18.1. The molecule has 0 radical (unpaired) electrons. The van der Waals surface area contributed by atoms with Gasteiger partial charge in [0.1, 0.15) is 5.82 Å². The summed E-state index contributed by atoms with van der Waals surface area (Å²) >= 11 is 5.86. The lowest BCUT2D eigenvalue weighted by Gasteiger charge is -2.20. The number of anilines is 1. The summed E-state index contributed by atoms with van der Waals surface area (Å²) in [6, 6.07) is 14.3. The molecule has 7 nitrogen and oxygen atoms in total. The van der Waals surface area contributed by atoms with Crippen molar-refractivity contribution < 1.29 is 19.1 Å². The average Bonchev–Trinajstić information content (AvgIpc) is 3.15. The Balaban J connectivity index is 1.48. The van der Waals surface area contributed by atoms with Gasteiger partial charge in [-0.1, -0.05) is 17.7 Å². The highest BCUT2D eigenvalue weighted by molar-refractivity contribution is 6.30. The van der Waals surface area contributed by atoms with E-state index in [0.29, 0.717) is 10.7 Å². The van der Waals surface area contributed by atoms with Crippen LogP contribution in [0.3, 0.4) is 0 Å². The molecule has 3 aromatic rings. The molecular weight excluding hydrogens is 449 g/mol. The molecule has 9 heteroatoms. The molecule has 1 heterocycles. The summed E-state index contributed by atoms with van der Waals surface area (Å²) in [5.74, 6) is -2.56. The number of nitrogens with zero attached hydrogens (tertiary/aromatic N) is 1. The first-order valence-electron chi connectivity index (χ1n) is 10.3. The van der Waals surface area contributed by atoms with E-state index in [1.807, 2.05) is 0 Å². The second-order valence-corrected chi connectivity index (χ2v) is 8.32. The molecule has 4 rings (SSSR count). The Morgan fingerprint density at radius 3 is 2.52 bits per heavy atom. The average molecular weight is 470 g/mol. The van der Waals surface area contributed by atoms with Gasteiger partial charge in [-0.15, -0.1) is 0 Å². The fourth-order valence-electron chi connectivity index (χ4n) is 3.95. The highest BCUT2D eigenvalue weighted by Crippen LogP contribution is 2.28. The van der Waals surface area contributed by atoms with Gasteiger partial charge in [-0.2, -0.15) is 0 Å². The van der Waals surface area contributed by atoms with Gasteiger partial charge in [0.2, 0.25) is 5.91 Å². The third kappa shape index (κ3) is 5.13. The van der Waals surface area contributed by atoms with E-state index in [1.54, 1.807) is 36.4 Å². The van der Waals surface area contributed by atoms with Crippen LogP contribution in [0, 0.1) is 11.7 Å². The molecule has 1 aliphatic carbocycles. The smallest absolute Gasteiger partial charge is 0.255 e. The van der Waals surface area contributed by atoms with Crippen LogP contribution >= 0.6 is 11.6 Å². The van der Waals surface area contributed by atoms with Crippen LogP contribution in [0.25, 0.3) is 5.69 Å². The van der Waals surface area contributed by atoms with Crippen LogP contribution in [0.5, 0.6) is 0 Å². The maximum absolute atomic E-state index is 14.7. The first kappa shape index (κ1) is 22.7. The monoisotopic (exact) mass is 469 g/mol. The van der Waals surface area contributed by atoms with Crippen molar-refractivity contribution in [3.63, 3.8) is 0 Å². The van der Waals surface area contributed by atoms with E-state index in [0.717, 1.165) is 6.07 Å². The Morgan fingerprint density at radius 1 is 1.06 bits per heavy atom. The SMILES string of the molecule is O=C(NC1CC(O)CC1C(=O)Nc1ccc(Cl)cc1)c1ccc(-n2ccccc2=O)cc1F. The Labute approximate surface area is 193 Å². The van der Waals surface area contributed by atoms with Gasteiger partial charge in [0.15, 0.2) is 0 Å². The number of rotatable bonds is 5. The van der Waals surface area contributed by atoms with Crippen LogP contribution in [-0.2, 0) is 4.79 Å². The fourth-order valence-corrected chi connectivity index (χ4v) is 4.08. The quantitative estimate of drug-likeness (QED) is 0.534. The van der Waals surface area contributed by atoms with Gasteiger partial charge in [0.05, 0.1) is 23.3 Å². The summed E-state index contributed by atoms with van der Waals surface area (Å²) in [5.41, 5.74) is 0.268. The number of nitrogens with one attached hydrogen (secondary N) is 2. The number of aromatic nitrogens is 1. The molecule has 3 atom stereocenters. The first-order valence-corrected chi connectivity index (χ1v) is 10.7. The number of carbonyl (C=O) groups is 2. The van der Waals surface area contributed by atoms with Gasteiger partial charge >= 0.3 is 0 Å². The fraction of sp³-hybridized carbons (Fsp3) is 0.208. The second-order valence-electron chi connectivity index (χ2n) is 7.88. The Hall–Kier alpha value is -3.49. The van der Waals surface area contributed by atoms with E-state index in [1.165, 1.54) is 29.0 Å². The zero-order chi connectivity index (χ0) is 23.5. The van der Waals surface area contributed by atoms with Crippen molar-refractivity contribution in [2.24, 2.45) is 5.92 Å². The van der Waals surface area contributed by atoms with E-state index >= 15 is 0 Å². The van der Waals surface area contributed by atoms with Crippen LogP contribution in [0.4, 0.5) is 10.1 Å². The number of aliphatic hydroxyl groups excluding tert-OH is 1. The lowest BCUT2D eigenvalue weighted by Crippen LogP contribution is -2.42. The van der Waals surface area contributed by atoms with Crippen molar-refractivity contribution in [3.05, 3.63) is 93.6 Å². The predicted octanol–water partition coefficient (Wildman–Crippen LogP) is 3.14. The standard InChI is InChI=1S/C24H21ClFN3O4/c25-14-4-6-15(7-5-14)27-24(33)19-12-17(30)13-21(19)28-23(32)18-9-8-16(11-20(18)26)29-10-2-1-3-22(29)31/h1-11,17,19,21,30H,12-13H2,(H,27,33)(H,28,32). The Kier molecular flexibility index (Phi) is 6.57. The van der Waals surface area contributed by atoms with E-state index in [-0.39, 0.29) is 35.6 Å². The third-order valence-corrected chi connectivity index (χ3v) is 5.85. The van der Waals surface area contributed by atoms with Crippen molar-refractivity contribution in [3.8, 4) is 5.69 Å². The maximum atomic E-state index is 14.7. The molecule has 1 aromatic heterocycles. The summed E-state index contributed by atoms with van der Waals surface area (Å²) in [7, 11) is 0. The van der Waals surface area contributed by atoms with E-state index in [9.17, 15) is 23.9 Å². The van der Waals surface area contributed by atoms with Crippen molar-refractivity contribution in [2.75, 3.05) is 5.32 Å². The molecule has 1 fully saturated rings. The van der Waals surface area contributed by atoms with E-state index < -0.39 is 29.8 Å². The third-order valence-electron chi connectivity index (χ3n) is 5.60. The molecule has 2 aromatic carbocycles. The summed E-state index contributed by atoms with van der Waals surface area (Å²) in [6.45, 7) is 0. The molecule has 2 amide bonds. The van der Waals surface area contributed by atoms with Gasteiger partial charge < -0.3 is 15.7 Å². The zero-order valence-electron chi connectivity index (χ0n) is 17.4. The van der Waals surface area contributed by atoms with Gasteiger partial charge in [-0.05, 0) is 61.4 Å². The van der Waals surface area contributed by atoms with Gasteiger partial charge in [-0.25, -0.2) is 4.39 Å². The van der Waals surface area contributed by atoms with Gasteiger partial charge in [0.25, 0.3) is 11.5 Å². The normalized spacial score (nSPS) is 19.8. The highest BCUT2D eigenvalue weighted by atomic mass is 35.5. The molecule has 170 valence electrons. The number of benzene rings is 2. The van der Waals surface area contributed by atoms with Crippen LogP contribution in [0.1, 0.15) is 23.2 Å². The molecule has 0 spiro atoms. The summed E-state index contributed by atoms with van der Waals surface area (Å²) in [4.78, 5) is 37.5. The van der Waals surface area contributed by atoms with Crippen molar-refractivity contribution in [1.29, 1.82) is 0 Å². The summed E-state index contributed by atoms with van der Waals surface area (Å²) < 4.78 is 16.0. The van der Waals surface area contributed by atoms with Gasteiger partial charge in [0, 0.05) is 29.0 Å². The maximum Gasteiger partial charge on any atom is 0.255 e. The molecule has 3 unspecified atom stereocenters. The van der Waals surface area contributed by atoms with Crippen LogP contribution in [0.15, 0.2) is 71.7 Å². The summed E-state index contributed by atoms with van der Waals surface area (Å²) in [6.07, 6.45) is 1.07. The van der Waals surface area contributed by atoms with E-state index in [4.69, 9.17) is 11.6 Å². The lowest BCUT2D eigenvalue weighted by atomic mass is 10.0. The van der Waals surface area contributed by atoms with Crippen LogP contribution in [-0.4, -0.2) is 33.6 Å². The number of hydrogen-bond donors (Lipinski definition) is 3. The Bertz CT molecular complexity index is 1240. The lowest BCUT2D eigenvalue weighted by molar-refractivity contribution is -0.120. The number of aliphatic hydroxyl groups is 1. The molecule has 0 saturated heterocycles. The number of carbonyl (C=O) groups excluding carboxylic acids is 2. The molecule has 1 saturated carbocycles. The molecule has 1 aliphatic rings. The molecule has 0 aliphatic heterocycles. The summed E-state index contributed by atoms with van der Waals surface area (Å²) in [5, 5.41) is 16.0. The first-order chi connectivity index (χ1) is 15.8. The number of amides is 2.